The first-order valence-electron chi connectivity index (χ1n) is 7.30. The Bertz CT molecular complexity index is 540. The lowest BCUT2D eigenvalue weighted by Crippen LogP contribution is -2.10. The van der Waals surface area contributed by atoms with E-state index < -0.39 is 0 Å². The van der Waals surface area contributed by atoms with Gasteiger partial charge in [-0.25, -0.2) is 0 Å². The molecule has 1 aromatic heterocycles. The Balaban J connectivity index is 1.87. The van der Waals surface area contributed by atoms with Crippen molar-refractivity contribution in [2.45, 2.75) is 20.3 Å². The van der Waals surface area contributed by atoms with E-state index in [-0.39, 0.29) is 0 Å². The molecular weight excluding hydrogens is 282 g/mol. The zero-order chi connectivity index (χ0) is 15.1. The average Bonchev–Trinajstić information content (AvgIpc) is 2.84. The van der Waals surface area contributed by atoms with E-state index in [1.165, 1.54) is 11.5 Å². The summed E-state index contributed by atoms with van der Waals surface area (Å²) >= 11 is 1.40. The van der Waals surface area contributed by atoms with Gasteiger partial charge in [-0.15, -0.1) is 0 Å². The van der Waals surface area contributed by atoms with Gasteiger partial charge in [0.05, 0.1) is 12.2 Å². The Labute approximate surface area is 130 Å². The number of ether oxygens (including phenoxy) is 1. The monoisotopic (exact) mass is 305 g/mol. The molecule has 0 saturated carbocycles. The number of hydrogen-bond donors (Lipinski definition) is 2. The van der Waals surface area contributed by atoms with E-state index in [2.05, 4.69) is 23.5 Å². The number of nitrogens with one attached hydrogen (secondary N) is 1. The van der Waals surface area contributed by atoms with Crippen molar-refractivity contribution >= 4 is 22.4 Å². The first-order valence-corrected chi connectivity index (χ1v) is 8.08. The summed E-state index contributed by atoms with van der Waals surface area (Å²) in [7, 11) is 0. The van der Waals surface area contributed by atoms with Gasteiger partial charge in [-0.2, -0.15) is 4.37 Å². The maximum Gasteiger partial charge on any atom is 0.147 e. The molecule has 0 aliphatic rings. The molecule has 4 nitrogen and oxygen atoms in total. The molecule has 0 aliphatic heterocycles. The third kappa shape index (κ3) is 4.72. The lowest BCUT2D eigenvalue weighted by Gasteiger charge is -2.09. The van der Waals surface area contributed by atoms with Gasteiger partial charge in [0.2, 0.25) is 0 Å². The normalized spacial score (nSPS) is 11.0. The molecule has 0 saturated heterocycles. The molecule has 1 aromatic carbocycles. The number of anilines is 2. The van der Waals surface area contributed by atoms with Crippen molar-refractivity contribution in [1.82, 2.24) is 4.37 Å². The second-order valence-corrected chi connectivity index (χ2v) is 6.13. The van der Waals surface area contributed by atoms with Crippen LogP contribution in [0.5, 0.6) is 0 Å². The molecule has 21 heavy (non-hydrogen) atoms. The molecule has 2 rings (SSSR count). The minimum atomic E-state index is 0.578. The van der Waals surface area contributed by atoms with Gasteiger partial charge >= 0.3 is 0 Å². The minimum Gasteiger partial charge on any atom is -0.382 e. The quantitative estimate of drug-likeness (QED) is 0.727. The first kappa shape index (κ1) is 15.8. The van der Waals surface area contributed by atoms with Gasteiger partial charge in [0.15, 0.2) is 0 Å². The molecule has 1 heterocycles. The summed E-state index contributed by atoms with van der Waals surface area (Å²) in [5.74, 6) is 1.26. The Kier molecular flexibility index (Phi) is 6.02. The van der Waals surface area contributed by atoms with Crippen molar-refractivity contribution in [2.24, 2.45) is 5.92 Å². The molecule has 0 atom stereocenters. The number of nitrogens with two attached hydrogens (primary N) is 1. The van der Waals surface area contributed by atoms with Crippen LogP contribution in [0.2, 0.25) is 0 Å². The van der Waals surface area contributed by atoms with Crippen molar-refractivity contribution in [3.63, 3.8) is 0 Å². The van der Waals surface area contributed by atoms with E-state index in [0.717, 1.165) is 35.7 Å². The third-order valence-electron chi connectivity index (χ3n) is 3.15. The van der Waals surface area contributed by atoms with Gasteiger partial charge in [-0.05, 0) is 29.4 Å². The topological polar surface area (TPSA) is 60.2 Å². The van der Waals surface area contributed by atoms with Crippen LogP contribution in [0.4, 0.5) is 10.8 Å². The molecule has 5 heteroatoms. The lowest BCUT2D eigenvalue weighted by molar-refractivity contribution is 0.133. The molecule has 0 spiro atoms. The van der Waals surface area contributed by atoms with E-state index in [4.69, 9.17) is 10.5 Å². The first-order chi connectivity index (χ1) is 10.2. The number of rotatable bonds is 8. The summed E-state index contributed by atoms with van der Waals surface area (Å²) in [5.41, 5.74) is 8.07. The molecule has 2 aromatic rings. The molecule has 0 amide bonds. The van der Waals surface area contributed by atoms with Gasteiger partial charge in [0.1, 0.15) is 10.8 Å². The van der Waals surface area contributed by atoms with Crippen LogP contribution < -0.4 is 11.1 Å². The maximum absolute atomic E-state index is 5.99. The maximum atomic E-state index is 5.99. The highest BCUT2D eigenvalue weighted by Crippen LogP contribution is 2.36. The standard InChI is InChI=1S/C16H23N3OS/c1-12(2)8-10-20-11-9-18-16-14(15(17)19-21-16)13-6-4-3-5-7-13/h3-7,12,18H,8-11H2,1-2H3,(H2,17,19). The van der Waals surface area contributed by atoms with Crippen LogP contribution in [0.1, 0.15) is 20.3 Å². The zero-order valence-electron chi connectivity index (χ0n) is 12.6. The molecule has 0 bridgehead atoms. The van der Waals surface area contributed by atoms with Crippen LogP contribution in [0.15, 0.2) is 30.3 Å². The van der Waals surface area contributed by atoms with Crippen LogP contribution in [0, 0.1) is 5.92 Å². The SMILES string of the molecule is CC(C)CCOCCNc1snc(N)c1-c1ccccc1. The third-order valence-corrected chi connectivity index (χ3v) is 3.97. The highest BCUT2D eigenvalue weighted by molar-refractivity contribution is 7.11. The van der Waals surface area contributed by atoms with Crippen LogP contribution in [-0.2, 0) is 4.74 Å². The predicted octanol–water partition coefficient (Wildman–Crippen LogP) is 3.87. The Morgan fingerprint density at radius 3 is 2.71 bits per heavy atom. The minimum absolute atomic E-state index is 0.578. The van der Waals surface area contributed by atoms with Crippen molar-refractivity contribution < 1.29 is 4.74 Å². The second-order valence-electron chi connectivity index (χ2n) is 5.36. The van der Waals surface area contributed by atoms with Gasteiger partial charge < -0.3 is 15.8 Å². The smallest absolute Gasteiger partial charge is 0.147 e. The van der Waals surface area contributed by atoms with Crippen molar-refractivity contribution in [2.75, 3.05) is 30.8 Å². The highest BCUT2D eigenvalue weighted by atomic mass is 32.1. The summed E-state index contributed by atoms with van der Waals surface area (Å²) in [6.45, 7) is 6.68. The highest BCUT2D eigenvalue weighted by Gasteiger charge is 2.12. The number of benzene rings is 1. The number of nitrogen functional groups attached to an aromatic ring is 1. The molecule has 0 radical (unpaired) electrons. The van der Waals surface area contributed by atoms with E-state index in [9.17, 15) is 0 Å². The zero-order valence-corrected chi connectivity index (χ0v) is 13.5. The lowest BCUT2D eigenvalue weighted by atomic mass is 10.1. The fourth-order valence-corrected chi connectivity index (χ4v) is 2.73. The average molecular weight is 305 g/mol. The molecule has 114 valence electrons. The van der Waals surface area contributed by atoms with Crippen LogP contribution >= 0.6 is 11.5 Å². The van der Waals surface area contributed by atoms with Gasteiger partial charge in [-0.3, -0.25) is 0 Å². The van der Waals surface area contributed by atoms with Gasteiger partial charge in [0, 0.05) is 13.2 Å². The summed E-state index contributed by atoms with van der Waals surface area (Å²) in [6, 6.07) is 10.1. The molecule has 0 aliphatic carbocycles. The van der Waals surface area contributed by atoms with Crippen LogP contribution in [-0.4, -0.2) is 24.1 Å². The second kappa shape index (κ2) is 8.00. The molecule has 0 unspecified atom stereocenters. The van der Waals surface area contributed by atoms with E-state index in [1.807, 2.05) is 30.3 Å². The van der Waals surface area contributed by atoms with E-state index in [0.29, 0.717) is 18.3 Å². The fraction of sp³-hybridized carbons (Fsp3) is 0.438. The Morgan fingerprint density at radius 1 is 1.24 bits per heavy atom. The molecule has 3 N–H and O–H groups in total. The van der Waals surface area contributed by atoms with Gasteiger partial charge in [0.25, 0.3) is 0 Å². The molecule has 0 fully saturated rings. The number of hydrogen-bond acceptors (Lipinski definition) is 5. The van der Waals surface area contributed by atoms with Crippen LogP contribution in [0.3, 0.4) is 0 Å². The Morgan fingerprint density at radius 2 is 2.00 bits per heavy atom. The summed E-state index contributed by atoms with van der Waals surface area (Å²) in [6.07, 6.45) is 1.10. The van der Waals surface area contributed by atoms with Crippen molar-refractivity contribution in [3.8, 4) is 11.1 Å². The molecular formula is C16H23N3OS. The van der Waals surface area contributed by atoms with E-state index >= 15 is 0 Å². The van der Waals surface area contributed by atoms with E-state index in [1.54, 1.807) is 0 Å². The Hall–Kier alpha value is -1.59. The van der Waals surface area contributed by atoms with Gasteiger partial charge in [-0.1, -0.05) is 44.2 Å². The van der Waals surface area contributed by atoms with Crippen molar-refractivity contribution in [3.05, 3.63) is 30.3 Å². The van der Waals surface area contributed by atoms with Crippen LogP contribution in [0.25, 0.3) is 11.1 Å². The predicted molar refractivity (Wildman–Crippen MR) is 90.7 cm³/mol. The number of aromatic nitrogens is 1. The number of nitrogens with zero attached hydrogens (tertiary/aromatic N) is 1. The largest absolute Gasteiger partial charge is 0.382 e. The summed E-state index contributed by atoms with van der Waals surface area (Å²) in [4.78, 5) is 0. The summed E-state index contributed by atoms with van der Waals surface area (Å²) < 4.78 is 9.86. The van der Waals surface area contributed by atoms with Crippen molar-refractivity contribution in [1.29, 1.82) is 0 Å². The fourth-order valence-electron chi connectivity index (χ4n) is 1.96. The summed E-state index contributed by atoms with van der Waals surface area (Å²) in [5, 5.41) is 4.38.